The van der Waals surface area contributed by atoms with Gasteiger partial charge in [-0.2, -0.15) is 0 Å². The Morgan fingerprint density at radius 3 is 2.50 bits per heavy atom. The van der Waals surface area contributed by atoms with Gasteiger partial charge in [0.1, 0.15) is 0 Å². The maximum Gasteiger partial charge on any atom is 0.233 e. The van der Waals surface area contributed by atoms with E-state index in [-0.39, 0.29) is 17.6 Å². The lowest BCUT2D eigenvalue weighted by molar-refractivity contribution is -0.125. The van der Waals surface area contributed by atoms with Crippen LogP contribution in [0.3, 0.4) is 0 Å². The summed E-state index contributed by atoms with van der Waals surface area (Å²) < 4.78 is 0. The average Bonchev–Trinajstić information content (AvgIpc) is 2.39. The van der Waals surface area contributed by atoms with Crippen molar-refractivity contribution >= 4 is 23.3 Å². The van der Waals surface area contributed by atoms with Crippen molar-refractivity contribution in [2.45, 2.75) is 32.6 Å². The van der Waals surface area contributed by atoms with Gasteiger partial charge in [-0.3, -0.25) is 19.3 Å². The van der Waals surface area contributed by atoms with Crippen molar-refractivity contribution in [3.8, 4) is 0 Å². The number of anilines is 1. The van der Waals surface area contributed by atoms with E-state index in [4.69, 9.17) is 0 Å². The van der Waals surface area contributed by atoms with Crippen molar-refractivity contribution < 1.29 is 14.4 Å². The van der Waals surface area contributed by atoms with E-state index in [2.05, 4.69) is 0 Å². The van der Waals surface area contributed by atoms with Gasteiger partial charge >= 0.3 is 0 Å². The highest BCUT2D eigenvalue weighted by Crippen LogP contribution is 2.25. The summed E-state index contributed by atoms with van der Waals surface area (Å²) in [6.45, 7) is 1.34. The Hall–Kier alpha value is -1.97. The molecular formula is C14H15NO3. The number of ketones is 1. The van der Waals surface area contributed by atoms with Crippen LogP contribution in [0.15, 0.2) is 24.3 Å². The van der Waals surface area contributed by atoms with Gasteiger partial charge in [0.2, 0.25) is 11.8 Å². The molecule has 0 fully saturated rings. The highest BCUT2D eigenvalue weighted by atomic mass is 16.2. The number of hydrogen-bond donors (Lipinski definition) is 0. The SMILES string of the molecule is CC(=O)N1C(=O)CCCCC(=O)c2ccccc21. The number of fused-ring (bicyclic) bond motifs is 1. The number of benzene rings is 1. The molecule has 0 unspecified atom stereocenters. The molecule has 4 nitrogen and oxygen atoms in total. The third-order valence-corrected chi connectivity index (χ3v) is 3.05. The van der Waals surface area contributed by atoms with Crippen LogP contribution in [0.5, 0.6) is 0 Å². The topological polar surface area (TPSA) is 54.5 Å². The number of imide groups is 1. The van der Waals surface area contributed by atoms with Gasteiger partial charge in [0.05, 0.1) is 5.69 Å². The summed E-state index contributed by atoms with van der Waals surface area (Å²) in [5.74, 6) is -0.585. The fraction of sp³-hybridized carbons (Fsp3) is 0.357. The van der Waals surface area contributed by atoms with Crippen LogP contribution in [0, 0.1) is 0 Å². The van der Waals surface area contributed by atoms with Crippen molar-refractivity contribution in [3.05, 3.63) is 29.8 Å². The first-order chi connectivity index (χ1) is 8.61. The lowest BCUT2D eigenvalue weighted by Gasteiger charge is -2.20. The van der Waals surface area contributed by atoms with Crippen molar-refractivity contribution in [1.82, 2.24) is 0 Å². The molecule has 1 aliphatic rings. The fourth-order valence-electron chi connectivity index (χ4n) is 2.19. The van der Waals surface area contributed by atoms with Crippen molar-refractivity contribution in [1.29, 1.82) is 0 Å². The number of para-hydroxylation sites is 1. The Balaban J connectivity index is 2.56. The molecule has 0 radical (unpaired) electrons. The van der Waals surface area contributed by atoms with E-state index in [0.29, 0.717) is 36.9 Å². The molecule has 0 N–H and O–H groups in total. The van der Waals surface area contributed by atoms with Crippen LogP contribution in [-0.4, -0.2) is 17.6 Å². The quantitative estimate of drug-likeness (QED) is 0.704. The molecule has 0 saturated carbocycles. The predicted molar refractivity (Wildman–Crippen MR) is 67.4 cm³/mol. The van der Waals surface area contributed by atoms with Gasteiger partial charge in [-0.15, -0.1) is 0 Å². The maximum atomic E-state index is 12.0. The summed E-state index contributed by atoms with van der Waals surface area (Å²) in [5, 5.41) is 0. The first-order valence-electron chi connectivity index (χ1n) is 6.07. The Labute approximate surface area is 106 Å². The number of carbonyl (C=O) groups is 3. The zero-order valence-corrected chi connectivity index (χ0v) is 10.3. The highest BCUT2D eigenvalue weighted by molar-refractivity contribution is 6.17. The molecule has 0 spiro atoms. The third kappa shape index (κ3) is 2.32. The molecule has 2 amide bonds. The molecular weight excluding hydrogens is 230 g/mol. The number of carbonyl (C=O) groups excluding carboxylic acids is 3. The normalized spacial score (nSPS) is 16.6. The Morgan fingerprint density at radius 2 is 1.78 bits per heavy atom. The monoisotopic (exact) mass is 245 g/mol. The van der Waals surface area contributed by atoms with E-state index in [9.17, 15) is 14.4 Å². The summed E-state index contributed by atoms with van der Waals surface area (Å²) in [6, 6.07) is 6.80. The van der Waals surface area contributed by atoms with E-state index >= 15 is 0 Å². The van der Waals surface area contributed by atoms with E-state index in [1.54, 1.807) is 24.3 Å². The van der Waals surface area contributed by atoms with Crippen LogP contribution >= 0.6 is 0 Å². The minimum absolute atomic E-state index is 0.00782. The molecule has 1 aromatic rings. The van der Waals surface area contributed by atoms with Gasteiger partial charge in [0.15, 0.2) is 5.78 Å². The second-order valence-corrected chi connectivity index (χ2v) is 4.40. The van der Waals surface area contributed by atoms with Gasteiger partial charge in [-0.25, -0.2) is 0 Å². The third-order valence-electron chi connectivity index (χ3n) is 3.05. The van der Waals surface area contributed by atoms with Crippen molar-refractivity contribution in [2.75, 3.05) is 4.90 Å². The number of hydrogen-bond acceptors (Lipinski definition) is 3. The fourth-order valence-corrected chi connectivity index (χ4v) is 2.19. The van der Waals surface area contributed by atoms with Crippen LogP contribution in [0.1, 0.15) is 43.0 Å². The minimum atomic E-state index is -0.345. The van der Waals surface area contributed by atoms with Gasteiger partial charge in [-0.05, 0) is 25.0 Å². The number of amides is 2. The molecule has 1 heterocycles. The second-order valence-electron chi connectivity index (χ2n) is 4.40. The Morgan fingerprint density at radius 1 is 1.11 bits per heavy atom. The predicted octanol–water partition coefficient (Wildman–Crippen LogP) is 2.32. The number of nitrogens with zero attached hydrogens (tertiary/aromatic N) is 1. The first-order valence-corrected chi connectivity index (χ1v) is 6.07. The largest absolute Gasteiger partial charge is 0.294 e. The molecule has 4 heteroatoms. The summed E-state index contributed by atoms with van der Waals surface area (Å²) >= 11 is 0. The van der Waals surface area contributed by atoms with Crippen LogP contribution in [0.4, 0.5) is 5.69 Å². The molecule has 0 saturated heterocycles. The Kier molecular flexibility index (Phi) is 3.55. The van der Waals surface area contributed by atoms with E-state index in [0.717, 1.165) is 4.90 Å². The van der Waals surface area contributed by atoms with Gasteiger partial charge in [0.25, 0.3) is 0 Å². The summed E-state index contributed by atoms with van der Waals surface area (Å²) in [6.07, 6.45) is 2.06. The highest BCUT2D eigenvalue weighted by Gasteiger charge is 2.25. The molecule has 1 aromatic carbocycles. The summed E-state index contributed by atoms with van der Waals surface area (Å²) in [7, 11) is 0. The molecule has 0 atom stereocenters. The lowest BCUT2D eigenvalue weighted by atomic mass is 10.0. The lowest BCUT2D eigenvalue weighted by Crippen LogP contribution is -2.35. The molecule has 0 aliphatic carbocycles. The van der Waals surface area contributed by atoms with Gasteiger partial charge in [-0.1, -0.05) is 12.1 Å². The van der Waals surface area contributed by atoms with Crippen molar-refractivity contribution in [2.24, 2.45) is 0 Å². The molecule has 18 heavy (non-hydrogen) atoms. The van der Waals surface area contributed by atoms with Gasteiger partial charge < -0.3 is 0 Å². The zero-order chi connectivity index (χ0) is 13.1. The standard InChI is InChI=1S/C14H15NO3/c1-10(16)15-12-7-3-2-6-11(12)13(17)8-4-5-9-14(15)18/h2-3,6-7H,4-5,8-9H2,1H3. The van der Waals surface area contributed by atoms with Crippen LogP contribution in [0.25, 0.3) is 0 Å². The summed E-state index contributed by atoms with van der Waals surface area (Å²) in [4.78, 5) is 36.8. The molecule has 0 aromatic heterocycles. The van der Waals surface area contributed by atoms with Crippen LogP contribution < -0.4 is 4.90 Å². The van der Waals surface area contributed by atoms with E-state index < -0.39 is 0 Å². The molecule has 2 rings (SSSR count). The van der Waals surface area contributed by atoms with Gasteiger partial charge in [0, 0.05) is 25.3 Å². The van der Waals surface area contributed by atoms with E-state index in [1.165, 1.54) is 6.92 Å². The molecule has 94 valence electrons. The zero-order valence-electron chi connectivity index (χ0n) is 10.3. The molecule has 0 bridgehead atoms. The van der Waals surface area contributed by atoms with Crippen LogP contribution in [0.2, 0.25) is 0 Å². The number of rotatable bonds is 0. The Bertz CT molecular complexity index is 508. The van der Waals surface area contributed by atoms with Crippen molar-refractivity contribution in [3.63, 3.8) is 0 Å². The summed E-state index contributed by atoms with van der Waals surface area (Å²) in [5.41, 5.74) is 0.879. The average molecular weight is 245 g/mol. The minimum Gasteiger partial charge on any atom is -0.294 e. The number of Topliss-reactive ketones (excluding diaryl/α,β-unsaturated/α-hetero) is 1. The maximum absolute atomic E-state index is 12.0. The first kappa shape index (κ1) is 12.5. The van der Waals surface area contributed by atoms with E-state index in [1.807, 2.05) is 0 Å². The second kappa shape index (κ2) is 5.12. The van der Waals surface area contributed by atoms with Crippen LogP contribution in [-0.2, 0) is 9.59 Å². The molecule has 1 aliphatic heterocycles. The smallest absolute Gasteiger partial charge is 0.233 e.